The fourth-order valence-corrected chi connectivity index (χ4v) is 1.40. The summed E-state index contributed by atoms with van der Waals surface area (Å²) in [6, 6.07) is 6.30. The second-order valence-electron chi connectivity index (χ2n) is 4.10. The number of likely N-dealkylation sites (N-methyl/N-ethyl adjacent to an activating group) is 1. The van der Waals surface area contributed by atoms with E-state index >= 15 is 0 Å². The molecule has 0 radical (unpaired) electrons. The quantitative estimate of drug-likeness (QED) is 0.580. The van der Waals surface area contributed by atoms with E-state index in [1.165, 1.54) is 12.1 Å². The first-order chi connectivity index (χ1) is 8.52. The summed E-state index contributed by atoms with van der Waals surface area (Å²) < 4.78 is 0. The van der Waals surface area contributed by atoms with Crippen LogP contribution in [0.25, 0.3) is 0 Å². The van der Waals surface area contributed by atoms with E-state index in [4.69, 9.17) is 0 Å². The Hall–Kier alpha value is -1.95. The number of non-ortho nitro benzene ring substituents is 1. The van der Waals surface area contributed by atoms with Gasteiger partial charge in [-0.1, -0.05) is 12.1 Å². The topological polar surface area (TPSA) is 84.3 Å². The summed E-state index contributed by atoms with van der Waals surface area (Å²) in [6.45, 7) is 2.48. The molecule has 1 unspecified atom stereocenters. The molecule has 98 valence electrons. The number of nitro benzene ring substituents is 1. The first-order valence-corrected chi connectivity index (χ1v) is 5.70. The van der Waals surface area contributed by atoms with Crippen molar-refractivity contribution in [1.82, 2.24) is 10.6 Å². The smallest absolute Gasteiger partial charge is 0.269 e. The van der Waals surface area contributed by atoms with Crippen molar-refractivity contribution in [3.8, 4) is 0 Å². The molecule has 2 N–H and O–H groups in total. The monoisotopic (exact) mass is 251 g/mol. The Morgan fingerprint density at radius 2 is 2.22 bits per heavy atom. The summed E-state index contributed by atoms with van der Waals surface area (Å²) in [4.78, 5) is 21.7. The minimum absolute atomic E-state index is 0.00360. The predicted octanol–water partition coefficient (Wildman–Crippen LogP) is 0.861. The lowest BCUT2D eigenvalue weighted by Crippen LogP contribution is -2.37. The second-order valence-corrected chi connectivity index (χ2v) is 4.10. The molecule has 1 aromatic carbocycles. The number of carbonyl (C=O) groups excluding carboxylic acids is 1. The maximum Gasteiger partial charge on any atom is 0.269 e. The minimum Gasteiger partial charge on any atom is -0.354 e. The average Bonchev–Trinajstić information content (AvgIpc) is 2.36. The van der Waals surface area contributed by atoms with Gasteiger partial charge in [-0.2, -0.15) is 0 Å². The summed E-state index contributed by atoms with van der Waals surface area (Å²) in [7, 11) is 1.82. The first kappa shape index (κ1) is 14.1. The van der Waals surface area contributed by atoms with Gasteiger partial charge in [0.1, 0.15) is 0 Å². The van der Waals surface area contributed by atoms with Crippen LogP contribution in [0.4, 0.5) is 5.69 Å². The van der Waals surface area contributed by atoms with E-state index in [0.717, 1.165) is 0 Å². The van der Waals surface area contributed by atoms with Gasteiger partial charge in [-0.15, -0.1) is 0 Å². The van der Waals surface area contributed by atoms with Gasteiger partial charge < -0.3 is 10.6 Å². The highest BCUT2D eigenvalue weighted by molar-refractivity contribution is 5.78. The lowest BCUT2D eigenvalue weighted by atomic mass is 10.1. The van der Waals surface area contributed by atoms with E-state index in [1.54, 1.807) is 12.1 Å². The maximum absolute atomic E-state index is 11.6. The molecule has 0 aliphatic carbocycles. The number of benzene rings is 1. The SMILES string of the molecule is CNC(C)CNC(=O)Cc1cccc([N+](=O)[O-])c1. The lowest BCUT2D eigenvalue weighted by Gasteiger charge is -2.11. The van der Waals surface area contributed by atoms with Crippen molar-refractivity contribution in [3.05, 3.63) is 39.9 Å². The van der Waals surface area contributed by atoms with E-state index < -0.39 is 4.92 Å². The van der Waals surface area contributed by atoms with Crippen molar-refractivity contribution in [1.29, 1.82) is 0 Å². The van der Waals surface area contributed by atoms with E-state index in [-0.39, 0.29) is 24.1 Å². The van der Waals surface area contributed by atoms with Crippen molar-refractivity contribution >= 4 is 11.6 Å². The number of rotatable bonds is 6. The van der Waals surface area contributed by atoms with E-state index in [0.29, 0.717) is 12.1 Å². The zero-order valence-electron chi connectivity index (χ0n) is 10.5. The zero-order valence-corrected chi connectivity index (χ0v) is 10.5. The Balaban J connectivity index is 2.54. The molecule has 0 saturated heterocycles. The molecule has 1 atom stereocenters. The molecule has 0 spiro atoms. The molecule has 18 heavy (non-hydrogen) atoms. The lowest BCUT2D eigenvalue weighted by molar-refractivity contribution is -0.384. The molecule has 0 heterocycles. The van der Waals surface area contributed by atoms with Crippen LogP contribution in [0.2, 0.25) is 0 Å². The molecular formula is C12H17N3O3. The molecule has 0 aliphatic rings. The molecule has 1 rings (SSSR count). The summed E-state index contributed by atoms with van der Waals surface area (Å²) in [5.41, 5.74) is 0.641. The zero-order chi connectivity index (χ0) is 13.5. The van der Waals surface area contributed by atoms with Crippen LogP contribution in [0.3, 0.4) is 0 Å². The van der Waals surface area contributed by atoms with Crippen molar-refractivity contribution in [2.45, 2.75) is 19.4 Å². The number of nitro groups is 1. The Labute approximate surface area is 106 Å². The van der Waals surface area contributed by atoms with Gasteiger partial charge in [0.05, 0.1) is 11.3 Å². The van der Waals surface area contributed by atoms with Gasteiger partial charge in [-0.3, -0.25) is 14.9 Å². The van der Waals surface area contributed by atoms with Crippen LogP contribution in [-0.2, 0) is 11.2 Å². The van der Waals surface area contributed by atoms with Gasteiger partial charge in [0.15, 0.2) is 0 Å². The van der Waals surface area contributed by atoms with Gasteiger partial charge in [0.2, 0.25) is 5.91 Å². The predicted molar refractivity (Wildman–Crippen MR) is 68.3 cm³/mol. The highest BCUT2D eigenvalue weighted by atomic mass is 16.6. The maximum atomic E-state index is 11.6. The van der Waals surface area contributed by atoms with E-state index in [9.17, 15) is 14.9 Å². The van der Waals surface area contributed by atoms with Crippen LogP contribution in [-0.4, -0.2) is 30.5 Å². The Morgan fingerprint density at radius 1 is 1.50 bits per heavy atom. The summed E-state index contributed by atoms with van der Waals surface area (Å²) in [5, 5.41) is 16.4. The number of amides is 1. The van der Waals surface area contributed by atoms with Crippen molar-refractivity contribution in [2.24, 2.45) is 0 Å². The molecule has 1 amide bonds. The highest BCUT2D eigenvalue weighted by Crippen LogP contribution is 2.13. The van der Waals surface area contributed by atoms with Crippen LogP contribution >= 0.6 is 0 Å². The number of hydrogen-bond acceptors (Lipinski definition) is 4. The third-order valence-corrected chi connectivity index (χ3v) is 2.58. The van der Waals surface area contributed by atoms with E-state index in [1.807, 2.05) is 14.0 Å². The van der Waals surface area contributed by atoms with Crippen molar-refractivity contribution in [3.63, 3.8) is 0 Å². The first-order valence-electron chi connectivity index (χ1n) is 5.70. The normalized spacial score (nSPS) is 11.9. The molecule has 6 nitrogen and oxygen atoms in total. The molecule has 0 aromatic heterocycles. The summed E-state index contributed by atoms with van der Waals surface area (Å²) in [6.07, 6.45) is 0.151. The average molecular weight is 251 g/mol. The molecular weight excluding hydrogens is 234 g/mol. The molecule has 0 aliphatic heterocycles. The standard InChI is InChI=1S/C12H17N3O3/c1-9(13-2)8-14-12(16)7-10-4-3-5-11(6-10)15(17)18/h3-6,9,13H,7-8H2,1-2H3,(H,14,16). The number of carbonyl (C=O) groups is 1. The van der Waals surface area contributed by atoms with Gasteiger partial charge in [0.25, 0.3) is 5.69 Å². The molecule has 1 aromatic rings. The Morgan fingerprint density at radius 3 is 2.83 bits per heavy atom. The Kier molecular flexibility index (Phi) is 5.26. The van der Waals surface area contributed by atoms with Crippen molar-refractivity contribution < 1.29 is 9.72 Å². The number of hydrogen-bond donors (Lipinski definition) is 2. The van der Waals surface area contributed by atoms with Gasteiger partial charge >= 0.3 is 0 Å². The molecule has 0 bridgehead atoms. The van der Waals surface area contributed by atoms with Gasteiger partial charge in [0, 0.05) is 24.7 Å². The largest absolute Gasteiger partial charge is 0.354 e. The third kappa shape index (κ3) is 4.50. The van der Waals surface area contributed by atoms with Crippen LogP contribution in [0.15, 0.2) is 24.3 Å². The summed E-state index contributed by atoms with van der Waals surface area (Å²) >= 11 is 0. The molecule has 6 heteroatoms. The Bertz CT molecular complexity index is 434. The fraction of sp³-hybridized carbons (Fsp3) is 0.417. The highest BCUT2D eigenvalue weighted by Gasteiger charge is 2.09. The third-order valence-electron chi connectivity index (χ3n) is 2.58. The second kappa shape index (κ2) is 6.70. The molecule has 0 saturated carbocycles. The van der Waals surface area contributed by atoms with Crippen LogP contribution in [0.5, 0.6) is 0 Å². The fourth-order valence-electron chi connectivity index (χ4n) is 1.40. The number of nitrogens with one attached hydrogen (secondary N) is 2. The minimum atomic E-state index is -0.468. The van der Waals surface area contributed by atoms with Crippen LogP contribution in [0.1, 0.15) is 12.5 Å². The van der Waals surface area contributed by atoms with E-state index in [2.05, 4.69) is 10.6 Å². The summed E-state index contributed by atoms with van der Waals surface area (Å²) in [5.74, 6) is -0.141. The van der Waals surface area contributed by atoms with Crippen molar-refractivity contribution in [2.75, 3.05) is 13.6 Å². The van der Waals surface area contributed by atoms with Gasteiger partial charge in [-0.25, -0.2) is 0 Å². The van der Waals surface area contributed by atoms with Crippen LogP contribution in [0, 0.1) is 10.1 Å². The van der Waals surface area contributed by atoms with Gasteiger partial charge in [-0.05, 0) is 19.5 Å². The number of nitrogens with zero attached hydrogens (tertiary/aromatic N) is 1. The van der Waals surface area contributed by atoms with Crippen LogP contribution < -0.4 is 10.6 Å². The molecule has 0 fully saturated rings.